The second kappa shape index (κ2) is 6.69. The van der Waals surface area contributed by atoms with Crippen LogP contribution in [0, 0.1) is 11.9 Å². The van der Waals surface area contributed by atoms with Gasteiger partial charge in [0.15, 0.2) is 0 Å². The van der Waals surface area contributed by atoms with E-state index in [0.717, 1.165) is 43.5 Å². The highest BCUT2D eigenvalue weighted by molar-refractivity contribution is 5.94. The van der Waals surface area contributed by atoms with Gasteiger partial charge in [-0.05, 0) is 61.4 Å². The van der Waals surface area contributed by atoms with Crippen LogP contribution in [0.25, 0.3) is 5.57 Å². The first-order valence-electron chi connectivity index (χ1n) is 9.82. The Morgan fingerprint density at radius 3 is 2.79 bits per heavy atom. The first kappa shape index (κ1) is 17.3. The van der Waals surface area contributed by atoms with E-state index in [1.165, 1.54) is 17.7 Å². The van der Waals surface area contributed by atoms with Crippen molar-refractivity contribution < 1.29 is 13.6 Å². The van der Waals surface area contributed by atoms with E-state index in [-0.39, 0.29) is 18.1 Å². The lowest BCUT2D eigenvalue weighted by Crippen LogP contribution is -2.51. The van der Waals surface area contributed by atoms with E-state index in [1.807, 2.05) is 34.1 Å². The molecule has 1 aromatic heterocycles. The second-order valence-electron chi connectivity index (χ2n) is 7.74. The number of carbonyl (C=O) groups is 1. The van der Waals surface area contributed by atoms with Crippen LogP contribution in [0.1, 0.15) is 36.8 Å². The topological polar surface area (TPSA) is 36.4 Å². The number of rotatable bonds is 1. The lowest BCUT2D eigenvalue weighted by atomic mass is 9.95. The number of anilines is 1. The molecule has 5 rings (SSSR count). The van der Waals surface area contributed by atoms with Crippen molar-refractivity contribution in [3.05, 3.63) is 65.5 Å². The molecule has 0 aliphatic carbocycles. The Balaban J connectivity index is 1.44. The zero-order valence-electron chi connectivity index (χ0n) is 15.4. The van der Waals surface area contributed by atoms with Gasteiger partial charge in [0, 0.05) is 23.8 Å². The number of aryl methyl sites for hydroxylation is 1. The molecule has 2 bridgehead atoms. The summed E-state index contributed by atoms with van der Waals surface area (Å²) in [6, 6.07) is 10.7. The van der Waals surface area contributed by atoms with Gasteiger partial charge in [-0.15, -0.1) is 0 Å². The smallest absolute Gasteiger partial charge is 0.315 e. The summed E-state index contributed by atoms with van der Waals surface area (Å²) in [6.07, 6.45) is 6.25. The van der Waals surface area contributed by atoms with E-state index in [9.17, 15) is 13.6 Å². The van der Waals surface area contributed by atoms with Crippen LogP contribution < -0.4 is 4.90 Å². The molecule has 0 spiro atoms. The number of hydrogen-bond donors (Lipinski definition) is 0. The minimum Gasteiger partial charge on any atom is -0.315 e. The molecule has 2 aromatic rings. The molecule has 144 valence electrons. The van der Waals surface area contributed by atoms with E-state index in [4.69, 9.17) is 0 Å². The van der Waals surface area contributed by atoms with Crippen LogP contribution in [0.5, 0.6) is 0 Å². The largest absolute Gasteiger partial charge is 0.325 e. The lowest BCUT2D eigenvalue weighted by Gasteiger charge is -2.39. The highest BCUT2D eigenvalue weighted by Gasteiger charge is 2.42. The molecule has 2 amide bonds. The van der Waals surface area contributed by atoms with Crippen molar-refractivity contribution in [2.24, 2.45) is 0 Å². The number of halogens is 2. The molecule has 0 saturated carbocycles. The Labute approximate surface area is 162 Å². The summed E-state index contributed by atoms with van der Waals surface area (Å²) >= 11 is 0. The third-order valence-corrected chi connectivity index (χ3v) is 6.12. The molecule has 28 heavy (non-hydrogen) atoms. The molecule has 1 fully saturated rings. The van der Waals surface area contributed by atoms with Crippen molar-refractivity contribution in [2.45, 2.75) is 44.2 Å². The Hall–Kier alpha value is -2.76. The number of nitrogens with zero attached hydrogens (tertiary/aromatic N) is 3. The Kier molecular flexibility index (Phi) is 4.14. The summed E-state index contributed by atoms with van der Waals surface area (Å²) in [5.41, 5.74) is 3.37. The lowest BCUT2D eigenvalue weighted by molar-refractivity contribution is 0.186. The number of para-hydroxylation sites is 1. The van der Waals surface area contributed by atoms with Gasteiger partial charge in [0.25, 0.3) is 0 Å². The number of aromatic nitrogens is 1. The fraction of sp³-hybridized carbons (Fsp3) is 0.364. The van der Waals surface area contributed by atoms with Crippen LogP contribution in [0.15, 0.2) is 42.5 Å². The molecule has 3 aliphatic rings. The van der Waals surface area contributed by atoms with Crippen molar-refractivity contribution in [3.63, 3.8) is 0 Å². The Bertz CT molecular complexity index is 974. The van der Waals surface area contributed by atoms with E-state index in [1.54, 1.807) is 0 Å². The molecular formula is C22H21F2N3O. The first-order valence-corrected chi connectivity index (χ1v) is 9.82. The van der Waals surface area contributed by atoms with Crippen LogP contribution in [-0.4, -0.2) is 34.5 Å². The average molecular weight is 381 g/mol. The zero-order chi connectivity index (χ0) is 19.3. The monoisotopic (exact) mass is 381 g/mol. The molecule has 2 unspecified atom stereocenters. The van der Waals surface area contributed by atoms with Crippen LogP contribution in [0.3, 0.4) is 0 Å². The van der Waals surface area contributed by atoms with Crippen molar-refractivity contribution in [3.8, 4) is 0 Å². The number of hydrogen-bond acceptors (Lipinski definition) is 2. The molecule has 6 heteroatoms. The predicted octanol–water partition coefficient (Wildman–Crippen LogP) is 4.55. The summed E-state index contributed by atoms with van der Waals surface area (Å²) in [7, 11) is 0. The molecule has 1 saturated heterocycles. The van der Waals surface area contributed by atoms with Crippen LogP contribution in [0.2, 0.25) is 0 Å². The van der Waals surface area contributed by atoms with Gasteiger partial charge in [0.1, 0.15) is 0 Å². The van der Waals surface area contributed by atoms with E-state index in [2.05, 4.69) is 11.1 Å². The first-order chi connectivity index (χ1) is 13.6. The van der Waals surface area contributed by atoms with Gasteiger partial charge in [0.2, 0.25) is 11.9 Å². The molecule has 4 heterocycles. The van der Waals surface area contributed by atoms with Crippen molar-refractivity contribution in [2.75, 3.05) is 11.4 Å². The van der Waals surface area contributed by atoms with Crippen molar-refractivity contribution in [1.29, 1.82) is 0 Å². The summed E-state index contributed by atoms with van der Waals surface area (Å²) in [6.45, 7) is 0.721. The molecule has 4 nitrogen and oxygen atoms in total. The molecule has 1 aromatic carbocycles. The molecule has 2 atom stereocenters. The molecular weight excluding hydrogens is 360 g/mol. The number of carbonyl (C=O) groups excluding carboxylic acids is 1. The third-order valence-electron chi connectivity index (χ3n) is 6.12. The number of urea groups is 1. The maximum atomic E-state index is 14.1. The third kappa shape index (κ3) is 2.79. The number of pyridine rings is 1. The summed E-state index contributed by atoms with van der Waals surface area (Å²) < 4.78 is 27.3. The SMILES string of the molecule is O=C(N1CCCc2ccccc21)N1C2C=C(c3ccc(F)nc3F)CC1CC2. The maximum Gasteiger partial charge on any atom is 0.325 e. The Morgan fingerprint density at radius 2 is 1.96 bits per heavy atom. The Morgan fingerprint density at radius 1 is 1.11 bits per heavy atom. The fourth-order valence-corrected chi connectivity index (χ4v) is 4.85. The minimum absolute atomic E-state index is 0.0349. The highest BCUT2D eigenvalue weighted by Crippen LogP contribution is 2.40. The van der Waals surface area contributed by atoms with Gasteiger partial charge >= 0.3 is 6.03 Å². The van der Waals surface area contributed by atoms with Crippen LogP contribution >= 0.6 is 0 Å². The maximum absolute atomic E-state index is 14.1. The molecule has 0 radical (unpaired) electrons. The number of benzene rings is 1. The van der Waals surface area contributed by atoms with Gasteiger partial charge in [-0.2, -0.15) is 13.8 Å². The van der Waals surface area contributed by atoms with Gasteiger partial charge in [-0.25, -0.2) is 4.79 Å². The van der Waals surface area contributed by atoms with Crippen LogP contribution in [0.4, 0.5) is 19.3 Å². The fourth-order valence-electron chi connectivity index (χ4n) is 4.85. The second-order valence-corrected chi connectivity index (χ2v) is 7.74. The van der Waals surface area contributed by atoms with Gasteiger partial charge in [-0.1, -0.05) is 24.3 Å². The highest BCUT2D eigenvalue weighted by atomic mass is 19.1. The van der Waals surface area contributed by atoms with Gasteiger partial charge < -0.3 is 4.90 Å². The number of amides is 2. The number of fused-ring (bicyclic) bond motifs is 3. The van der Waals surface area contributed by atoms with Gasteiger partial charge in [-0.3, -0.25) is 4.90 Å². The summed E-state index contributed by atoms with van der Waals surface area (Å²) in [5.74, 6) is -1.60. The zero-order valence-corrected chi connectivity index (χ0v) is 15.4. The standard InChI is InChI=1S/C22H21F2N3O/c23-20-10-9-18(21(24)25-20)15-12-16-7-8-17(13-15)27(16)22(28)26-11-3-5-14-4-1-2-6-19(14)26/h1-2,4,6,9-10,12,16-17H,3,5,7-8,11,13H2. The molecule has 0 N–H and O–H groups in total. The predicted molar refractivity (Wildman–Crippen MR) is 103 cm³/mol. The van der Waals surface area contributed by atoms with Crippen molar-refractivity contribution >= 4 is 17.3 Å². The van der Waals surface area contributed by atoms with Gasteiger partial charge in [0.05, 0.1) is 6.04 Å². The average Bonchev–Trinajstić information content (AvgIpc) is 2.96. The summed E-state index contributed by atoms with van der Waals surface area (Å²) in [4.78, 5) is 20.6. The van der Waals surface area contributed by atoms with Crippen molar-refractivity contribution in [1.82, 2.24) is 9.88 Å². The normalized spacial score (nSPS) is 23.4. The summed E-state index contributed by atoms with van der Waals surface area (Å²) in [5, 5.41) is 0. The molecule has 3 aliphatic heterocycles. The van der Waals surface area contributed by atoms with E-state index >= 15 is 0 Å². The van der Waals surface area contributed by atoms with E-state index < -0.39 is 11.9 Å². The minimum atomic E-state index is -0.818. The van der Waals surface area contributed by atoms with E-state index in [0.29, 0.717) is 12.0 Å². The quantitative estimate of drug-likeness (QED) is 0.680. The van der Waals surface area contributed by atoms with Crippen LogP contribution in [-0.2, 0) is 6.42 Å².